The van der Waals surface area contributed by atoms with Crippen molar-refractivity contribution in [3.63, 3.8) is 0 Å². The molecule has 4 bridgehead atoms. The van der Waals surface area contributed by atoms with Gasteiger partial charge in [-0.2, -0.15) is 5.10 Å². The van der Waals surface area contributed by atoms with E-state index in [0.29, 0.717) is 22.1 Å². The minimum atomic E-state index is -0.229. The normalized spacial score (nSPS) is 28.1. The first-order chi connectivity index (χ1) is 15.5. The van der Waals surface area contributed by atoms with Crippen LogP contribution in [0, 0.1) is 17.8 Å². The Morgan fingerprint density at radius 1 is 1.12 bits per heavy atom. The third-order valence-electron chi connectivity index (χ3n) is 7.57. The number of nitrogens with one attached hydrogen (secondary N) is 1. The van der Waals surface area contributed by atoms with Gasteiger partial charge in [-0.3, -0.25) is 14.8 Å². The van der Waals surface area contributed by atoms with Crippen LogP contribution in [0.1, 0.15) is 53.9 Å². The molecule has 1 aromatic carbocycles. The number of hydrogen-bond acceptors (Lipinski definition) is 6. The lowest BCUT2D eigenvalue weighted by atomic mass is 9.50. The summed E-state index contributed by atoms with van der Waals surface area (Å²) in [6.45, 7) is 0. The summed E-state index contributed by atoms with van der Waals surface area (Å²) in [5, 5.41) is 18.1. The van der Waals surface area contributed by atoms with Crippen molar-refractivity contribution in [3.8, 4) is 17.0 Å². The second kappa shape index (κ2) is 7.40. The maximum Gasteiger partial charge on any atom is 0.261 e. The molecule has 7 nitrogen and oxygen atoms in total. The number of benzene rings is 1. The van der Waals surface area contributed by atoms with Crippen LogP contribution in [0.5, 0.6) is 5.75 Å². The number of para-hydroxylation sites is 1. The zero-order valence-electron chi connectivity index (χ0n) is 18.4. The summed E-state index contributed by atoms with van der Waals surface area (Å²) in [6.07, 6.45) is 9.64. The molecule has 2 heterocycles. The highest BCUT2D eigenvalue weighted by molar-refractivity contribution is 7.15. The van der Waals surface area contributed by atoms with Gasteiger partial charge in [0.1, 0.15) is 16.5 Å². The minimum absolute atomic E-state index is 0.187. The molecule has 1 N–H and O–H groups in total. The average molecular weight is 450 g/mol. The number of rotatable bonds is 5. The lowest BCUT2D eigenvalue weighted by Crippen LogP contribution is -2.48. The van der Waals surface area contributed by atoms with Crippen molar-refractivity contribution in [2.45, 2.75) is 43.9 Å². The molecule has 8 heteroatoms. The van der Waals surface area contributed by atoms with Crippen LogP contribution in [0.25, 0.3) is 11.3 Å². The van der Waals surface area contributed by atoms with Crippen LogP contribution < -0.4 is 10.1 Å². The lowest BCUT2D eigenvalue weighted by molar-refractivity contribution is -0.00555. The van der Waals surface area contributed by atoms with Crippen molar-refractivity contribution in [1.82, 2.24) is 20.0 Å². The Bertz CT molecular complexity index is 1150. The molecule has 0 atom stereocenters. The Balaban J connectivity index is 1.26. The molecule has 0 spiro atoms. The number of hydrogen-bond donors (Lipinski definition) is 1. The number of carbonyl (C=O) groups excluding carboxylic acids is 1. The first-order valence-electron chi connectivity index (χ1n) is 11.4. The van der Waals surface area contributed by atoms with Gasteiger partial charge in [0, 0.05) is 24.2 Å². The summed E-state index contributed by atoms with van der Waals surface area (Å²) in [7, 11) is 3.43. The molecule has 0 radical (unpaired) electrons. The molecule has 4 aliphatic rings. The van der Waals surface area contributed by atoms with Crippen molar-refractivity contribution < 1.29 is 9.53 Å². The molecule has 1 amide bonds. The highest BCUT2D eigenvalue weighted by atomic mass is 32.1. The van der Waals surface area contributed by atoms with E-state index in [1.54, 1.807) is 29.3 Å². The van der Waals surface area contributed by atoms with Gasteiger partial charge in [0.2, 0.25) is 5.13 Å². The van der Waals surface area contributed by atoms with Crippen molar-refractivity contribution in [3.05, 3.63) is 41.0 Å². The average Bonchev–Trinajstić information content (AvgIpc) is 3.40. The van der Waals surface area contributed by atoms with Crippen LogP contribution in [0.3, 0.4) is 0 Å². The number of aryl methyl sites for hydroxylation is 1. The van der Waals surface area contributed by atoms with Gasteiger partial charge in [-0.1, -0.05) is 23.5 Å². The molecular weight excluding hydrogens is 422 g/mol. The zero-order chi connectivity index (χ0) is 21.9. The maximum atomic E-state index is 13.2. The van der Waals surface area contributed by atoms with E-state index in [-0.39, 0.29) is 11.3 Å². The van der Waals surface area contributed by atoms with Crippen LogP contribution in [-0.2, 0) is 12.5 Å². The van der Waals surface area contributed by atoms with E-state index < -0.39 is 0 Å². The maximum absolute atomic E-state index is 13.2. The Labute approximate surface area is 191 Å². The van der Waals surface area contributed by atoms with Crippen LogP contribution in [0.15, 0.2) is 30.5 Å². The third kappa shape index (κ3) is 3.23. The minimum Gasteiger partial charge on any atom is -0.496 e. The van der Waals surface area contributed by atoms with E-state index in [2.05, 4.69) is 20.6 Å². The molecule has 4 saturated carbocycles. The zero-order valence-corrected chi connectivity index (χ0v) is 19.2. The van der Waals surface area contributed by atoms with Crippen LogP contribution >= 0.6 is 11.3 Å². The van der Waals surface area contributed by atoms with Gasteiger partial charge < -0.3 is 4.74 Å². The highest BCUT2D eigenvalue weighted by Gasteiger charge is 2.53. The summed E-state index contributed by atoms with van der Waals surface area (Å²) < 4.78 is 7.13. The number of ether oxygens (including phenoxy) is 1. The second-order valence-electron chi connectivity index (χ2n) is 9.83. The lowest BCUT2D eigenvalue weighted by Gasteiger charge is -2.55. The number of carbonyl (C=O) groups is 1. The number of anilines is 1. The van der Waals surface area contributed by atoms with Gasteiger partial charge in [0.05, 0.1) is 12.7 Å². The fourth-order valence-electron chi connectivity index (χ4n) is 6.72. The van der Waals surface area contributed by atoms with E-state index in [4.69, 9.17) is 4.74 Å². The van der Waals surface area contributed by atoms with Gasteiger partial charge in [0.15, 0.2) is 0 Å². The van der Waals surface area contributed by atoms with Crippen molar-refractivity contribution in [2.75, 3.05) is 12.4 Å². The number of aromatic nitrogens is 4. The van der Waals surface area contributed by atoms with Gasteiger partial charge >= 0.3 is 0 Å². The topological polar surface area (TPSA) is 81.9 Å². The van der Waals surface area contributed by atoms with Crippen molar-refractivity contribution >= 4 is 22.4 Å². The Kier molecular flexibility index (Phi) is 4.61. The molecule has 4 aliphatic carbocycles. The Morgan fingerprint density at radius 2 is 1.81 bits per heavy atom. The molecule has 4 fully saturated rings. The monoisotopic (exact) mass is 449 g/mol. The van der Waals surface area contributed by atoms with Crippen LogP contribution in [0.4, 0.5) is 5.13 Å². The molecule has 3 aromatic rings. The summed E-state index contributed by atoms with van der Waals surface area (Å²) in [5.41, 5.74) is 2.05. The predicted molar refractivity (Wildman–Crippen MR) is 123 cm³/mol. The molecule has 0 aliphatic heterocycles. The fourth-order valence-corrected chi connectivity index (χ4v) is 7.68. The van der Waals surface area contributed by atoms with Crippen LogP contribution in [0.2, 0.25) is 0 Å². The van der Waals surface area contributed by atoms with E-state index in [9.17, 15) is 4.79 Å². The smallest absolute Gasteiger partial charge is 0.261 e. The standard InChI is InChI=1S/C24H27N5O2S/c1-29-13-18(20(28-29)17-5-3-4-6-19(17)31-2)21(30)25-23-27-26-22(32-23)24-10-14-7-15(11-24)9-16(8-14)12-24/h3-6,13-16H,7-12H2,1-2H3,(H,25,27,30). The second-order valence-corrected chi connectivity index (χ2v) is 10.8. The van der Waals surface area contributed by atoms with Gasteiger partial charge in [-0.25, -0.2) is 0 Å². The predicted octanol–water partition coefficient (Wildman–Crippen LogP) is 4.67. The Hall–Kier alpha value is -2.74. The molecular formula is C24H27N5O2S. The first-order valence-corrected chi connectivity index (χ1v) is 12.2. The Morgan fingerprint density at radius 3 is 2.50 bits per heavy atom. The van der Waals surface area contributed by atoms with Gasteiger partial charge in [0.25, 0.3) is 5.91 Å². The molecule has 7 rings (SSSR count). The van der Waals surface area contributed by atoms with Gasteiger partial charge in [-0.15, -0.1) is 10.2 Å². The third-order valence-corrected chi connectivity index (χ3v) is 8.66. The summed E-state index contributed by atoms with van der Waals surface area (Å²) in [5.74, 6) is 3.00. The number of amides is 1. The molecule has 0 unspecified atom stereocenters. The summed E-state index contributed by atoms with van der Waals surface area (Å²) in [4.78, 5) is 13.2. The number of nitrogens with zero attached hydrogens (tertiary/aromatic N) is 4. The van der Waals surface area contributed by atoms with Gasteiger partial charge in [-0.05, 0) is 68.4 Å². The SMILES string of the molecule is COc1ccccc1-c1nn(C)cc1C(=O)Nc1nnc(C23CC4CC(CC(C4)C2)C3)s1. The van der Waals surface area contributed by atoms with E-state index in [1.807, 2.05) is 31.3 Å². The summed E-state index contributed by atoms with van der Waals surface area (Å²) in [6, 6.07) is 7.59. The van der Waals surface area contributed by atoms with E-state index >= 15 is 0 Å². The van der Waals surface area contributed by atoms with E-state index in [1.165, 1.54) is 38.5 Å². The quantitative estimate of drug-likeness (QED) is 0.612. The molecule has 2 aromatic heterocycles. The molecule has 32 heavy (non-hydrogen) atoms. The van der Waals surface area contributed by atoms with Crippen molar-refractivity contribution in [2.24, 2.45) is 24.8 Å². The molecule has 0 saturated heterocycles. The van der Waals surface area contributed by atoms with E-state index in [0.717, 1.165) is 28.3 Å². The largest absolute Gasteiger partial charge is 0.496 e. The number of methoxy groups -OCH3 is 1. The summed E-state index contributed by atoms with van der Waals surface area (Å²) >= 11 is 1.55. The fraction of sp³-hybridized carbons (Fsp3) is 0.500. The van der Waals surface area contributed by atoms with Crippen molar-refractivity contribution in [1.29, 1.82) is 0 Å². The van der Waals surface area contributed by atoms with Crippen LogP contribution in [-0.4, -0.2) is 33.0 Å². The highest BCUT2D eigenvalue weighted by Crippen LogP contribution is 2.61. The molecule has 166 valence electrons. The first kappa shape index (κ1) is 19.9.